The van der Waals surface area contributed by atoms with Crippen LogP contribution in [-0.2, 0) is 4.74 Å². The number of ether oxygens (including phenoxy) is 1. The van der Waals surface area contributed by atoms with Gasteiger partial charge in [0.25, 0.3) is 0 Å². The van der Waals surface area contributed by atoms with Crippen molar-refractivity contribution in [3.8, 4) is 0 Å². The Labute approximate surface area is 101 Å². The molecule has 0 spiro atoms. The smallest absolute Gasteiger partial charge is 0.163 e. The van der Waals surface area contributed by atoms with E-state index in [0.29, 0.717) is 18.8 Å². The second-order valence-electron chi connectivity index (χ2n) is 3.82. The Balaban J connectivity index is 2.63. The highest BCUT2D eigenvalue weighted by atomic mass is 19.2. The second kappa shape index (κ2) is 7.35. The van der Waals surface area contributed by atoms with Crippen LogP contribution in [0.3, 0.4) is 0 Å². The number of benzene rings is 1. The summed E-state index contributed by atoms with van der Waals surface area (Å²) in [4.78, 5) is 0. The van der Waals surface area contributed by atoms with Crippen molar-refractivity contribution < 1.29 is 13.5 Å². The zero-order valence-electron chi connectivity index (χ0n) is 10.3. The summed E-state index contributed by atoms with van der Waals surface area (Å²) < 4.78 is 31.9. The van der Waals surface area contributed by atoms with Gasteiger partial charge in [-0.25, -0.2) is 8.78 Å². The molecule has 0 amide bonds. The summed E-state index contributed by atoms with van der Waals surface area (Å²) in [5.41, 5.74) is 0.379. The Hall–Kier alpha value is -1.00. The average molecular weight is 243 g/mol. The standard InChI is InChI=1S/C13H19F2NO/c1-3-17-9-5-8-12(16-2)10-6-4-7-11(14)13(10)15/h4,6-7,12,16H,3,5,8-9H2,1-2H3. The lowest BCUT2D eigenvalue weighted by Gasteiger charge is -2.17. The third kappa shape index (κ3) is 4.06. The van der Waals surface area contributed by atoms with Crippen LogP contribution in [0.1, 0.15) is 31.4 Å². The maximum Gasteiger partial charge on any atom is 0.163 e. The van der Waals surface area contributed by atoms with E-state index >= 15 is 0 Å². The van der Waals surface area contributed by atoms with Crippen molar-refractivity contribution in [2.75, 3.05) is 20.3 Å². The molecule has 0 radical (unpaired) electrons. The molecule has 0 aliphatic carbocycles. The van der Waals surface area contributed by atoms with Crippen molar-refractivity contribution in [2.24, 2.45) is 0 Å². The molecule has 17 heavy (non-hydrogen) atoms. The van der Waals surface area contributed by atoms with Gasteiger partial charge in [0.1, 0.15) is 0 Å². The summed E-state index contributed by atoms with van der Waals surface area (Å²) >= 11 is 0. The van der Waals surface area contributed by atoms with Crippen LogP contribution in [0.25, 0.3) is 0 Å². The third-order valence-electron chi connectivity index (χ3n) is 2.69. The fourth-order valence-electron chi connectivity index (χ4n) is 1.78. The van der Waals surface area contributed by atoms with Crippen molar-refractivity contribution in [3.05, 3.63) is 35.4 Å². The fourth-order valence-corrected chi connectivity index (χ4v) is 1.78. The van der Waals surface area contributed by atoms with E-state index in [0.717, 1.165) is 18.9 Å². The van der Waals surface area contributed by atoms with Gasteiger partial charge in [-0.05, 0) is 32.9 Å². The number of hydrogen-bond acceptors (Lipinski definition) is 2. The Bertz CT molecular complexity index is 344. The van der Waals surface area contributed by atoms with E-state index in [1.165, 1.54) is 6.07 Å². The molecule has 1 atom stereocenters. The predicted octanol–water partition coefficient (Wildman–Crippen LogP) is 3.04. The van der Waals surface area contributed by atoms with E-state index in [9.17, 15) is 8.78 Å². The molecule has 0 saturated carbocycles. The van der Waals surface area contributed by atoms with Gasteiger partial charge in [-0.3, -0.25) is 0 Å². The zero-order valence-corrected chi connectivity index (χ0v) is 10.3. The molecule has 96 valence electrons. The molecule has 0 aliphatic heterocycles. The number of hydrogen-bond donors (Lipinski definition) is 1. The number of rotatable bonds is 7. The first-order valence-corrected chi connectivity index (χ1v) is 5.89. The molecule has 1 N–H and O–H groups in total. The van der Waals surface area contributed by atoms with E-state index in [1.807, 2.05) is 6.92 Å². The molecule has 0 fully saturated rings. The molecule has 1 aromatic rings. The number of nitrogens with one attached hydrogen (secondary N) is 1. The molecule has 0 saturated heterocycles. The molecule has 4 heteroatoms. The Morgan fingerprint density at radius 3 is 2.76 bits per heavy atom. The van der Waals surface area contributed by atoms with E-state index < -0.39 is 11.6 Å². The van der Waals surface area contributed by atoms with Crippen LogP contribution in [0, 0.1) is 11.6 Å². The predicted molar refractivity (Wildman–Crippen MR) is 63.9 cm³/mol. The van der Waals surface area contributed by atoms with Crippen LogP contribution in [0.15, 0.2) is 18.2 Å². The van der Waals surface area contributed by atoms with Gasteiger partial charge >= 0.3 is 0 Å². The monoisotopic (exact) mass is 243 g/mol. The highest BCUT2D eigenvalue weighted by molar-refractivity contribution is 5.22. The lowest BCUT2D eigenvalue weighted by molar-refractivity contribution is 0.141. The minimum atomic E-state index is -0.799. The molecular formula is C13H19F2NO. The molecule has 0 aromatic heterocycles. The van der Waals surface area contributed by atoms with Gasteiger partial charge < -0.3 is 10.1 Å². The lowest BCUT2D eigenvalue weighted by atomic mass is 10.0. The largest absolute Gasteiger partial charge is 0.382 e. The highest BCUT2D eigenvalue weighted by Gasteiger charge is 2.16. The van der Waals surface area contributed by atoms with Crippen LogP contribution in [-0.4, -0.2) is 20.3 Å². The van der Waals surface area contributed by atoms with E-state index in [1.54, 1.807) is 13.1 Å². The zero-order chi connectivity index (χ0) is 12.7. The summed E-state index contributed by atoms with van der Waals surface area (Å²) in [5, 5.41) is 3.00. The maximum absolute atomic E-state index is 13.6. The van der Waals surface area contributed by atoms with Gasteiger partial charge in [0.2, 0.25) is 0 Å². The van der Waals surface area contributed by atoms with Gasteiger partial charge in [0.05, 0.1) is 0 Å². The summed E-state index contributed by atoms with van der Waals surface area (Å²) in [6, 6.07) is 4.10. The van der Waals surface area contributed by atoms with Crippen LogP contribution < -0.4 is 5.32 Å². The minimum absolute atomic E-state index is 0.175. The van der Waals surface area contributed by atoms with Gasteiger partial charge in [0, 0.05) is 24.8 Å². The van der Waals surface area contributed by atoms with Gasteiger partial charge in [-0.15, -0.1) is 0 Å². The molecule has 0 bridgehead atoms. The van der Waals surface area contributed by atoms with Crippen LogP contribution in [0.4, 0.5) is 8.78 Å². The van der Waals surface area contributed by atoms with Crippen LogP contribution in [0.5, 0.6) is 0 Å². The molecule has 1 rings (SSSR count). The summed E-state index contributed by atoms with van der Waals surface area (Å²) in [6.07, 6.45) is 1.53. The van der Waals surface area contributed by atoms with Gasteiger partial charge in [-0.1, -0.05) is 12.1 Å². The van der Waals surface area contributed by atoms with E-state index in [4.69, 9.17) is 4.74 Å². The van der Waals surface area contributed by atoms with E-state index in [2.05, 4.69) is 5.32 Å². The summed E-state index contributed by atoms with van der Waals surface area (Å²) in [7, 11) is 1.75. The van der Waals surface area contributed by atoms with Crippen molar-refractivity contribution in [3.63, 3.8) is 0 Å². The topological polar surface area (TPSA) is 21.3 Å². The van der Waals surface area contributed by atoms with Gasteiger partial charge in [-0.2, -0.15) is 0 Å². The summed E-state index contributed by atoms with van der Waals surface area (Å²) in [6.45, 7) is 3.26. The molecule has 2 nitrogen and oxygen atoms in total. The average Bonchev–Trinajstić information content (AvgIpc) is 2.34. The summed E-state index contributed by atoms with van der Waals surface area (Å²) in [5.74, 6) is -1.56. The van der Waals surface area contributed by atoms with Crippen LogP contribution in [0.2, 0.25) is 0 Å². The highest BCUT2D eigenvalue weighted by Crippen LogP contribution is 2.22. The third-order valence-corrected chi connectivity index (χ3v) is 2.69. The maximum atomic E-state index is 13.6. The Kier molecular flexibility index (Phi) is 6.08. The minimum Gasteiger partial charge on any atom is -0.382 e. The second-order valence-corrected chi connectivity index (χ2v) is 3.82. The van der Waals surface area contributed by atoms with Gasteiger partial charge in [0.15, 0.2) is 11.6 Å². The Morgan fingerprint density at radius 1 is 1.35 bits per heavy atom. The normalized spacial score (nSPS) is 12.7. The fraction of sp³-hybridized carbons (Fsp3) is 0.538. The van der Waals surface area contributed by atoms with Crippen molar-refractivity contribution in [1.82, 2.24) is 5.32 Å². The van der Waals surface area contributed by atoms with Crippen molar-refractivity contribution in [2.45, 2.75) is 25.8 Å². The molecular weight excluding hydrogens is 224 g/mol. The van der Waals surface area contributed by atoms with E-state index in [-0.39, 0.29) is 6.04 Å². The van der Waals surface area contributed by atoms with Crippen molar-refractivity contribution in [1.29, 1.82) is 0 Å². The molecule has 1 aromatic carbocycles. The lowest BCUT2D eigenvalue weighted by Crippen LogP contribution is -2.18. The molecule has 0 heterocycles. The quantitative estimate of drug-likeness (QED) is 0.743. The SMILES string of the molecule is CCOCCCC(NC)c1cccc(F)c1F. The first-order chi connectivity index (χ1) is 8.20. The number of halogens is 2. The Morgan fingerprint density at radius 2 is 2.12 bits per heavy atom. The molecule has 1 unspecified atom stereocenters. The first kappa shape index (κ1) is 14.1. The first-order valence-electron chi connectivity index (χ1n) is 5.89. The van der Waals surface area contributed by atoms with Crippen molar-refractivity contribution >= 4 is 0 Å². The van der Waals surface area contributed by atoms with Crippen LogP contribution >= 0.6 is 0 Å². The molecule has 0 aliphatic rings.